The number of hydrogen-bond donors (Lipinski definition) is 3. The van der Waals surface area contributed by atoms with Gasteiger partial charge in [-0.2, -0.15) is 4.98 Å². The lowest BCUT2D eigenvalue weighted by atomic mass is 10.1. The molecule has 0 fully saturated rings. The molecule has 0 spiro atoms. The Bertz CT molecular complexity index is 1280. The average Bonchev–Trinajstić information content (AvgIpc) is 2.81. The molecule has 1 aromatic heterocycles. The summed E-state index contributed by atoms with van der Waals surface area (Å²) >= 11 is 0. The van der Waals surface area contributed by atoms with Gasteiger partial charge in [0.25, 0.3) is 5.91 Å². The van der Waals surface area contributed by atoms with Gasteiger partial charge in [0.2, 0.25) is 5.95 Å². The van der Waals surface area contributed by atoms with Crippen LogP contribution in [0.3, 0.4) is 0 Å². The van der Waals surface area contributed by atoms with E-state index < -0.39 is 0 Å². The molecule has 4 rings (SSSR count). The lowest BCUT2D eigenvalue weighted by molar-refractivity contribution is 0.102. The third-order valence-electron chi connectivity index (χ3n) is 5.20. The van der Waals surface area contributed by atoms with E-state index in [9.17, 15) is 4.79 Å². The molecule has 7 nitrogen and oxygen atoms in total. The summed E-state index contributed by atoms with van der Waals surface area (Å²) in [7, 11) is 3.89. The summed E-state index contributed by atoms with van der Waals surface area (Å²) in [6.45, 7) is 3.98. The summed E-state index contributed by atoms with van der Waals surface area (Å²) in [5.41, 5.74) is 6.12. The molecule has 0 aliphatic rings. The molecule has 172 valence electrons. The van der Waals surface area contributed by atoms with Crippen LogP contribution < -0.4 is 20.9 Å². The van der Waals surface area contributed by atoms with Crippen molar-refractivity contribution in [1.29, 1.82) is 0 Å². The van der Waals surface area contributed by atoms with Crippen molar-refractivity contribution in [3.8, 4) is 0 Å². The van der Waals surface area contributed by atoms with Crippen LogP contribution in [0.25, 0.3) is 0 Å². The Morgan fingerprint density at radius 2 is 1.41 bits per heavy atom. The molecular formula is C27H28N6O. The van der Waals surface area contributed by atoms with Crippen molar-refractivity contribution in [2.75, 3.05) is 34.9 Å². The first kappa shape index (κ1) is 22.8. The van der Waals surface area contributed by atoms with E-state index in [1.807, 2.05) is 86.6 Å². The zero-order valence-electron chi connectivity index (χ0n) is 19.8. The second-order valence-electron chi connectivity index (χ2n) is 8.31. The van der Waals surface area contributed by atoms with Gasteiger partial charge < -0.3 is 20.9 Å². The summed E-state index contributed by atoms with van der Waals surface area (Å²) in [6.07, 6.45) is 0. The number of hydrogen-bond acceptors (Lipinski definition) is 6. The van der Waals surface area contributed by atoms with E-state index in [4.69, 9.17) is 0 Å². The highest BCUT2D eigenvalue weighted by molar-refractivity contribution is 6.04. The van der Waals surface area contributed by atoms with E-state index in [0.717, 1.165) is 22.8 Å². The average molecular weight is 453 g/mol. The number of anilines is 6. The van der Waals surface area contributed by atoms with Gasteiger partial charge in [-0.3, -0.25) is 4.79 Å². The van der Waals surface area contributed by atoms with Crippen molar-refractivity contribution in [3.05, 3.63) is 95.7 Å². The third-order valence-corrected chi connectivity index (χ3v) is 5.20. The number of amides is 1. The fraction of sp³-hybridized carbons (Fsp3) is 0.148. The largest absolute Gasteiger partial charge is 0.378 e. The maximum absolute atomic E-state index is 12.6. The monoisotopic (exact) mass is 452 g/mol. The van der Waals surface area contributed by atoms with Crippen molar-refractivity contribution >= 4 is 40.4 Å². The molecule has 3 aromatic carbocycles. The number of rotatable bonds is 7. The first-order chi connectivity index (χ1) is 16.4. The quantitative estimate of drug-likeness (QED) is 0.324. The maximum Gasteiger partial charge on any atom is 0.255 e. The van der Waals surface area contributed by atoms with E-state index in [1.165, 1.54) is 5.56 Å². The number of carbonyl (C=O) groups excluding carboxylic acids is 1. The van der Waals surface area contributed by atoms with Crippen molar-refractivity contribution in [1.82, 2.24) is 9.97 Å². The Balaban J connectivity index is 1.42. The van der Waals surface area contributed by atoms with Gasteiger partial charge in [0.15, 0.2) is 0 Å². The third kappa shape index (κ3) is 5.89. The Hall–Kier alpha value is -4.39. The molecule has 1 heterocycles. The summed E-state index contributed by atoms with van der Waals surface area (Å²) < 4.78 is 0. The van der Waals surface area contributed by atoms with Crippen LogP contribution in [0.2, 0.25) is 0 Å². The number of nitrogens with one attached hydrogen (secondary N) is 3. The van der Waals surface area contributed by atoms with Crippen LogP contribution in [0.15, 0.2) is 78.9 Å². The molecule has 0 bridgehead atoms. The van der Waals surface area contributed by atoms with Gasteiger partial charge in [-0.25, -0.2) is 4.98 Å². The highest BCUT2D eigenvalue weighted by Gasteiger charge is 2.08. The number of carbonyl (C=O) groups is 1. The van der Waals surface area contributed by atoms with Gasteiger partial charge in [-0.15, -0.1) is 0 Å². The molecule has 34 heavy (non-hydrogen) atoms. The predicted molar refractivity (Wildman–Crippen MR) is 140 cm³/mol. The van der Waals surface area contributed by atoms with Gasteiger partial charge in [-0.05, 0) is 68.4 Å². The van der Waals surface area contributed by atoms with E-state index in [0.29, 0.717) is 23.0 Å². The van der Waals surface area contributed by atoms with Crippen molar-refractivity contribution in [2.45, 2.75) is 13.8 Å². The first-order valence-electron chi connectivity index (χ1n) is 11.0. The molecule has 0 aliphatic heterocycles. The van der Waals surface area contributed by atoms with E-state index in [1.54, 1.807) is 6.07 Å². The van der Waals surface area contributed by atoms with Crippen LogP contribution in [0.1, 0.15) is 21.6 Å². The van der Waals surface area contributed by atoms with Crippen molar-refractivity contribution in [2.24, 2.45) is 0 Å². The van der Waals surface area contributed by atoms with Gasteiger partial charge in [0.05, 0.1) is 0 Å². The molecule has 7 heteroatoms. The zero-order valence-corrected chi connectivity index (χ0v) is 19.8. The highest BCUT2D eigenvalue weighted by atomic mass is 16.1. The Morgan fingerprint density at radius 3 is 2.12 bits per heavy atom. The molecular weight excluding hydrogens is 424 g/mol. The van der Waals surface area contributed by atoms with Gasteiger partial charge >= 0.3 is 0 Å². The minimum absolute atomic E-state index is 0.154. The van der Waals surface area contributed by atoms with Crippen molar-refractivity contribution in [3.63, 3.8) is 0 Å². The van der Waals surface area contributed by atoms with Crippen molar-refractivity contribution < 1.29 is 4.79 Å². The maximum atomic E-state index is 12.6. The van der Waals surface area contributed by atoms with E-state index in [2.05, 4.69) is 45.0 Å². The van der Waals surface area contributed by atoms with Crippen LogP contribution in [-0.2, 0) is 0 Å². The summed E-state index contributed by atoms with van der Waals surface area (Å²) in [4.78, 5) is 23.7. The lowest BCUT2D eigenvalue weighted by Gasteiger charge is -2.14. The van der Waals surface area contributed by atoms with Crippen LogP contribution in [-0.4, -0.2) is 30.0 Å². The normalized spacial score (nSPS) is 10.5. The Morgan fingerprint density at radius 1 is 0.765 bits per heavy atom. The molecule has 1 amide bonds. The number of aromatic nitrogens is 2. The zero-order chi connectivity index (χ0) is 24.1. The minimum atomic E-state index is -0.154. The molecule has 3 N–H and O–H groups in total. The minimum Gasteiger partial charge on any atom is -0.378 e. The topological polar surface area (TPSA) is 82.2 Å². The van der Waals surface area contributed by atoms with Crippen LogP contribution in [0, 0.1) is 13.8 Å². The second kappa shape index (κ2) is 10.0. The standard InChI is InChI=1S/C27H28N6O/c1-18-8-10-21(11-9-18)29-25-16-19(2)28-27(32-25)31-23-14-12-22(13-15-23)30-26(34)20-6-5-7-24(17-20)33(3)4/h5-17H,1-4H3,(H,30,34)(H2,28,29,31,32). The van der Waals surface area contributed by atoms with Crippen LogP contribution in [0.5, 0.6) is 0 Å². The fourth-order valence-corrected chi connectivity index (χ4v) is 3.37. The highest BCUT2D eigenvalue weighted by Crippen LogP contribution is 2.21. The molecule has 0 saturated carbocycles. The van der Waals surface area contributed by atoms with Gasteiger partial charge in [-0.1, -0.05) is 23.8 Å². The van der Waals surface area contributed by atoms with E-state index in [-0.39, 0.29) is 5.91 Å². The summed E-state index contributed by atoms with van der Waals surface area (Å²) in [6, 6.07) is 25.0. The summed E-state index contributed by atoms with van der Waals surface area (Å²) in [5, 5.41) is 9.48. The second-order valence-corrected chi connectivity index (χ2v) is 8.31. The Kier molecular flexibility index (Phi) is 6.73. The van der Waals surface area contributed by atoms with Crippen LogP contribution >= 0.6 is 0 Å². The molecule has 0 aliphatic carbocycles. The molecule has 0 unspecified atom stereocenters. The predicted octanol–water partition coefficient (Wildman–Crippen LogP) is 5.90. The fourth-order valence-electron chi connectivity index (χ4n) is 3.37. The molecule has 0 radical (unpaired) electrons. The molecule has 0 atom stereocenters. The van der Waals surface area contributed by atoms with E-state index >= 15 is 0 Å². The lowest BCUT2D eigenvalue weighted by Crippen LogP contribution is -2.14. The smallest absolute Gasteiger partial charge is 0.255 e. The Labute approximate surface area is 199 Å². The van der Waals surface area contributed by atoms with Crippen LogP contribution in [0.4, 0.5) is 34.5 Å². The van der Waals surface area contributed by atoms with Gasteiger partial charge in [0, 0.05) is 54.2 Å². The molecule has 4 aromatic rings. The number of nitrogens with zero attached hydrogens (tertiary/aromatic N) is 3. The van der Waals surface area contributed by atoms with Gasteiger partial charge in [0.1, 0.15) is 5.82 Å². The SMILES string of the molecule is Cc1ccc(Nc2cc(C)nc(Nc3ccc(NC(=O)c4cccc(N(C)C)c4)cc3)n2)cc1. The number of aryl methyl sites for hydroxylation is 2. The summed E-state index contributed by atoms with van der Waals surface area (Å²) in [5.74, 6) is 1.05. The molecule has 0 saturated heterocycles. The number of benzene rings is 3. The first-order valence-corrected chi connectivity index (χ1v) is 11.0.